The van der Waals surface area contributed by atoms with Gasteiger partial charge in [0.15, 0.2) is 5.65 Å². The molecule has 0 unspecified atom stereocenters. The molecule has 5 rings (SSSR count). The molecule has 2 aromatic heterocycles. The lowest BCUT2D eigenvalue weighted by molar-refractivity contribution is -0.141. The number of pyridine rings is 1. The van der Waals surface area contributed by atoms with Crippen LogP contribution in [0.3, 0.4) is 0 Å². The highest BCUT2D eigenvalue weighted by Gasteiger charge is 2.17. The van der Waals surface area contributed by atoms with E-state index in [-0.39, 0.29) is 12.5 Å². The molecule has 37 heavy (non-hydrogen) atoms. The van der Waals surface area contributed by atoms with Crippen molar-refractivity contribution in [2.24, 2.45) is 0 Å². The average molecular weight is 498 g/mol. The smallest absolute Gasteiger partial charge is 0.319 e. The van der Waals surface area contributed by atoms with Crippen molar-refractivity contribution in [3.05, 3.63) is 81.8 Å². The first-order valence-electron chi connectivity index (χ1n) is 12.9. The van der Waals surface area contributed by atoms with Gasteiger partial charge in [0.1, 0.15) is 11.3 Å². The molecule has 0 radical (unpaired) electrons. The van der Waals surface area contributed by atoms with E-state index in [1.54, 1.807) is 0 Å². The van der Waals surface area contributed by atoms with E-state index < -0.39 is 0 Å². The molecule has 0 bridgehead atoms. The first kappa shape index (κ1) is 25.0. The van der Waals surface area contributed by atoms with Gasteiger partial charge in [-0.25, -0.2) is 9.97 Å². The normalized spacial score (nSPS) is 12.7. The van der Waals surface area contributed by atoms with Crippen LogP contribution >= 0.6 is 0 Å². The van der Waals surface area contributed by atoms with Crippen LogP contribution in [0.25, 0.3) is 11.2 Å². The summed E-state index contributed by atoms with van der Waals surface area (Å²) >= 11 is 0. The van der Waals surface area contributed by atoms with Gasteiger partial charge in [0.2, 0.25) is 0 Å². The van der Waals surface area contributed by atoms with Crippen molar-refractivity contribution in [3.63, 3.8) is 0 Å². The summed E-state index contributed by atoms with van der Waals surface area (Å²) in [5.74, 6) is 0.849. The molecule has 0 saturated heterocycles. The van der Waals surface area contributed by atoms with E-state index in [1.165, 1.54) is 34.9 Å². The third kappa shape index (κ3) is 5.23. The molecule has 7 nitrogen and oxygen atoms in total. The number of nitrogens with zero attached hydrogens (tertiary/aromatic N) is 4. The van der Waals surface area contributed by atoms with Crippen molar-refractivity contribution in [1.82, 2.24) is 19.4 Å². The molecule has 0 atom stereocenters. The number of rotatable bonds is 7. The number of methoxy groups -OCH3 is 1. The zero-order valence-electron chi connectivity index (χ0n) is 22.4. The van der Waals surface area contributed by atoms with Crippen LogP contribution in [-0.4, -0.2) is 46.1 Å². The van der Waals surface area contributed by atoms with Gasteiger partial charge in [-0.2, -0.15) is 0 Å². The maximum Gasteiger partial charge on any atom is 0.319 e. The van der Waals surface area contributed by atoms with E-state index in [9.17, 15) is 4.79 Å². The van der Waals surface area contributed by atoms with Gasteiger partial charge in [-0.3, -0.25) is 9.69 Å². The maximum absolute atomic E-state index is 11.6. The number of carbonyl (C=O) groups is 1. The predicted octanol–water partition coefficient (Wildman–Crippen LogP) is 5.11. The van der Waals surface area contributed by atoms with E-state index in [4.69, 9.17) is 14.7 Å². The summed E-state index contributed by atoms with van der Waals surface area (Å²) in [4.78, 5) is 23.3. The molecule has 7 heteroatoms. The summed E-state index contributed by atoms with van der Waals surface area (Å²) in [5, 5.41) is 3.66. The zero-order chi connectivity index (χ0) is 26.1. The number of hydrogen-bond acceptors (Lipinski definition) is 6. The Morgan fingerprint density at radius 2 is 1.70 bits per heavy atom. The first-order chi connectivity index (χ1) is 17.8. The van der Waals surface area contributed by atoms with Gasteiger partial charge < -0.3 is 14.6 Å². The van der Waals surface area contributed by atoms with Crippen molar-refractivity contribution in [2.45, 2.75) is 53.1 Å². The van der Waals surface area contributed by atoms with Gasteiger partial charge in [0.05, 0.1) is 20.2 Å². The summed E-state index contributed by atoms with van der Waals surface area (Å²) in [6.45, 7) is 8.05. The highest BCUT2D eigenvalue weighted by atomic mass is 16.5. The molecule has 1 N–H and O–H groups in total. The Bertz CT molecular complexity index is 1470. The number of aromatic nitrogens is 3. The fraction of sp³-hybridized carbons (Fsp3) is 0.367. The van der Waals surface area contributed by atoms with Crippen molar-refractivity contribution < 1.29 is 9.53 Å². The second kappa shape index (κ2) is 10.3. The summed E-state index contributed by atoms with van der Waals surface area (Å²) in [5.41, 5.74) is 11.5. The van der Waals surface area contributed by atoms with E-state index >= 15 is 0 Å². The average Bonchev–Trinajstić information content (AvgIpc) is 3.11. The number of esters is 1. The van der Waals surface area contributed by atoms with Crippen LogP contribution in [0, 0.1) is 13.8 Å². The van der Waals surface area contributed by atoms with Crippen molar-refractivity contribution in [2.75, 3.05) is 26.0 Å². The third-order valence-corrected chi connectivity index (χ3v) is 7.11. The van der Waals surface area contributed by atoms with Crippen LogP contribution in [0.1, 0.15) is 46.3 Å². The van der Waals surface area contributed by atoms with Crippen LogP contribution in [-0.2, 0) is 41.9 Å². The number of aryl methyl sites for hydroxylation is 5. The Morgan fingerprint density at radius 1 is 1.03 bits per heavy atom. The molecule has 192 valence electrons. The molecule has 0 fully saturated rings. The Morgan fingerprint density at radius 3 is 2.38 bits per heavy atom. The number of anilines is 2. The quantitative estimate of drug-likeness (QED) is 0.358. The molecule has 4 aromatic rings. The number of imidazole rings is 1. The van der Waals surface area contributed by atoms with Gasteiger partial charge >= 0.3 is 5.97 Å². The summed E-state index contributed by atoms with van der Waals surface area (Å²) < 4.78 is 7.06. The van der Waals surface area contributed by atoms with Gasteiger partial charge in [0.25, 0.3) is 0 Å². The predicted molar refractivity (Wildman–Crippen MR) is 147 cm³/mol. The SMILES string of the molecule is CCc1nc2c(C)cc(C)nc2n1Cc1ccc2c(c1)CCc1cc(CN(C)CC(=O)OC)ccc1N2. The number of likely N-dealkylation sites (N-methyl/N-ethyl adjacent to an activating group) is 1. The fourth-order valence-electron chi connectivity index (χ4n) is 5.28. The summed E-state index contributed by atoms with van der Waals surface area (Å²) in [6.07, 6.45) is 2.79. The Labute approximate surface area is 218 Å². The standard InChI is InChI=1S/C30H35N5O2/c1-6-27-33-29-19(2)13-20(3)31-30(29)35(27)17-22-8-12-26-24(15-22)10-9-23-14-21(7-11-25(23)32-26)16-34(4)18-28(36)37-5/h7-8,11-15,32H,6,9-10,16-18H2,1-5H3. The van der Waals surface area contributed by atoms with Gasteiger partial charge in [0, 0.05) is 30.0 Å². The zero-order valence-corrected chi connectivity index (χ0v) is 22.4. The molecule has 1 aliphatic rings. The molecular formula is C30H35N5O2. The topological polar surface area (TPSA) is 72.3 Å². The van der Waals surface area contributed by atoms with E-state index in [0.29, 0.717) is 6.54 Å². The van der Waals surface area contributed by atoms with Crippen LogP contribution in [0.2, 0.25) is 0 Å². The molecule has 3 heterocycles. The maximum atomic E-state index is 11.6. The van der Waals surface area contributed by atoms with Gasteiger partial charge in [-0.1, -0.05) is 31.2 Å². The Hall–Kier alpha value is -3.71. The van der Waals surface area contributed by atoms with E-state index in [0.717, 1.165) is 59.9 Å². The number of benzene rings is 2. The lowest BCUT2D eigenvalue weighted by Gasteiger charge is -2.17. The molecule has 0 spiro atoms. The van der Waals surface area contributed by atoms with Crippen LogP contribution in [0.4, 0.5) is 11.4 Å². The third-order valence-electron chi connectivity index (χ3n) is 7.11. The molecule has 0 aliphatic carbocycles. The second-order valence-electron chi connectivity index (χ2n) is 10.1. The van der Waals surface area contributed by atoms with Gasteiger partial charge in [-0.05, 0) is 79.8 Å². The lowest BCUT2D eigenvalue weighted by Crippen LogP contribution is -2.26. The number of fused-ring (bicyclic) bond motifs is 3. The van der Waals surface area contributed by atoms with E-state index in [1.807, 2.05) is 18.9 Å². The Kier molecular flexibility index (Phi) is 6.98. The molecule has 0 saturated carbocycles. The number of hydrogen-bond donors (Lipinski definition) is 1. The molecule has 2 aromatic carbocycles. The van der Waals surface area contributed by atoms with Crippen molar-refractivity contribution in [3.8, 4) is 0 Å². The summed E-state index contributed by atoms with van der Waals surface area (Å²) in [7, 11) is 3.36. The minimum Gasteiger partial charge on any atom is -0.468 e. The number of ether oxygens (including phenoxy) is 1. The Balaban J connectivity index is 1.37. The lowest BCUT2D eigenvalue weighted by atomic mass is 10.0. The van der Waals surface area contributed by atoms with Crippen LogP contribution in [0.5, 0.6) is 0 Å². The van der Waals surface area contributed by atoms with Crippen molar-refractivity contribution in [1.29, 1.82) is 0 Å². The highest BCUT2D eigenvalue weighted by molar-refractivity contribution is 5.76. The monoisotopic (exact) mass is 497 g/mol. The molecular weight excluding hydrogens is 462 g/mol. The largest absolute Gasteiger partial charge is 0.468 e. The minimum absolute atomic E-state index is 0.221. The number of nitrogens with one attached hydrogen (secondary N) is 1. The van der Waals surface area contributed by atoms with Crippen molar-refractivity contribution >= 4 is 28.5 Å². The first-order valence-corrected chi connectivity index (χ1v) is 12.9. The van der Waals surface area contributed by atoms with Gasteiger partial charge in [-0.15, -0.1) is 0 Å². The fourth-order valence-corrected chi connectivity index (χ4v) is 5.28. The minimum atomic E-state index is -0.221. The van der Waals surface area contributed by atoms with Crippen LogP contribution < -0.4 is 5.32 Å². The molecule has 1 aliphatic heterocycles. The highest BCUT2D eigenvalue weighted by Crippen LogP contribution is 2.32. The second-order valence-corrected chi connectivity index (χ2v) is 10.1. The summed E-state index contributed by atoms with van der Waals surface area (Å²) in [6, 6.07) is 15.4. The number of carbonyl (C=O) groups excluding carboxylic acids is 1. The van der Waals surface area contributed by atoms with E-state index in [2.05, 4.69) is 66.2 Å². The van der Waals surface area contributed by atoms with Crippen LogP contribution in [0.15, 0.2) is 42.5 Å². The molecule has 0 amide bonds.